The molecule has 0 fully saturated rings. The van der Waals surface area contributed by atoms with Gasteiger partial charge in [-0.1, -0.05) is 19.9 Å². The quantitative estimate of drug-likeness (QED) is 0.750. The molecule has 5 nitrogen and oxygen atoms in total. The van der Waals surface area contributed by atoms with Gasteiger partial charge in [-0.2, -0.15) is 0 Å². The Kier molecular flexibility index (Phi) is 3.81. The van der Waals surface area contributed by atoms with E-state index < -0.39 is 0 Å². The standard InChI is InChI=1S/C16H19N5/c1-11(2)8-14(12-4-3-6-17-9-12)21-16-13-5-7-18-15(13)19-10-20-16/h3-7,9-11,14H,8H2,1-2H3,(H2,18,19,20,21). The molecule has 1 atom stereocenters. The largest absolute Gasteiger partial charge is 0.363 e. The number of pyridine rings is 1. The fourth-order valence-electron chi connectivity index (χ4n) is 2.48. The molecule has 0 aromatic carbocycles. The van der Waals surface area contributed by atoms with Crippen molar-refractivity contribution in [3.63, 3.8) is 0 Å². The van der Waals surface area contributed by atoms with Crippen LogP contribution in [0, 0.1) is 5.92 Å². The van der Waals surface area contributed by atoms with Crippen molar-refractivity contribution in [2.45, 2.75) is 26.3 Å². The predicted molar refractivity (Wildman–Crippen MR) is 83.9 cm³/mol. The summed E-state index contributed by atoms with van der Waals surface area (Å²) in [4.78, 5) is 16.0. The highest BCUT2D eigenvalue weighted by Crippen LogP contribution is 2.27. The van der Waals surface area contributed by atoms with E-state index in [1.165, 1.54) is 5.56 Å². The first-order valence-corrected chi connectivity index (χ1v) is 7.18. The van der Waals surface area contributed by atoms with E-state index in [0.29, 0.717) is 5.92 Å². The smallest absolute Gasteiger partial charge is 0.142 e. The van der Waals surface area contributed by atoms with Gasteiger partial charge in [-0.25, -0.2) is 9.97 Å². The van der Waals surface area contributed by atoms with Crippen LogP contribution in [0.3, 0.4) is 0 Å². The molecule has 0 radical (unpaired) electrons. The highest BCUT2D eigenvalue weighted by atomic mass is 15.1. The monoisotopic (exact) mass is 281 g/mol. The maximum atomic E-state index is 4.39. The van der Waals surface area contributed by atoms with Gasteiger partial charge in [0.05, 0.1) is 11.4 Å². The minimum absolute atomic E-state index is 0.187. The molecule has 3 aromatic rings. The second kappa shape index (κ2) is 5.91. The number of nitrogens with zero attached hydrogens (tertiary/aromatic N) is 3. The fourth-order valence-corrected chi connectivity index (χ4v) is 2.48. The van der Waals surface area contributed by atoms with Gasteiger partial charge >= 0.3 is 0 Å². The number of aromatic amines is 1. The molecule has 0 spiro atoms. The van der Waals surface area contributed by atoms with E-state index in [9.17, 15) is 0 Å². The third-order valence-electron chi connectivity index (χ3n) is 3.46. The average Bonchev–Trinajstić information content (AvgIpc) is 2.96. The van der Waals surface area contributed by atoms with Gasteiger partial charge in [-0.15, -0.1) is 0 Å². The molecule has 108 valence electrons. The zero-order valence-corrected chi connectivity index (χ0v) is 12.2. The normalized spacial score (nSPS) is 12.7. The van der Waals surface area contributed by atoms with Crippen molar-refractivity contribution in [3.05, 3.63) is 48.7 Å². The summed E-state index contributed by atoms with van der Waals surface area (Å²) in [5, 5.41) is 4.55. The summed E-state index contributed by atoms with van der Waals surface area (Å²) in [6.45, 7) is 4.44. The van der Waals surface area contributed by atoms with Crippen LogP contribution in [0.4, 0.5) is 5.82 Å². The number of nitrogens with one attached hydrogen (secondary N) is 2. The van der Waals surface area contributed by atoms with E-state index in [2.05, 4.69) is 45.2 Å². The molecular formula is C16H19N5. The van der Waals surface area contributed by atoms with Crippen LogP contribution in [0.5, 0.6) is 0 Å². The zero-order valence-electron chi connectivity index (χ0n) is 12.2. The molecule has 3 aromatic heterocycles. The summed E-state index contributed by atoms with van der Waals surface area (Å²) in [5.41, 5.74) is 2.02. The zero-order chi connectivity index (χ0) is 14.7. The van der Waals surface area contributed by atoms with Crippen molar-refractivity contribution in [2.75, 3.05) is 5.32 Å². The highest BCUT2D eigenvalue weighted by Gasteiger charge is 2.15. The Bertz CT molecular complexity index is 705. The molecular weight excluding hydrogens is 262 g/mol. The Balaban J connectivity index is 1.93. The van der Waals surface area contributed by atoms with E-state index >= 15 is 0 Å². The molecule has 0 amide bonds. The first kappa shape index (κ1) is 13.5. The van der Waals surface area contributed by atoms with Crippen LogP contribution in [0.15, 0.2) is 43.1 Å². The van der Waals surface area contributed by atoms with Crippen LogP contribution in [-0.4, -0.2) is 19.9 Å². The first-order chi connectivity index (χ1) is 10.2. The van der Waals surface area contributed by atoms with Gasteiger partial charge in [0.25, 0.3) is 0 Å². The van der Waals surface area contributed by atoms with E-state index in [-0.39, 0.29) is 6.04 Å². The number of hydrogen-bond donors (Lipinski definition) is 2. The molecule has 5 heteroatoms. The van der Waals surface area contributed by atoms with Crippen molar-refractivity contribution in [2.24, 2.45) is 5.92 Å². The average molecular weight is 281 g/mol. The van der Waals surface area contributed by atoms with E-state index in [1.54, 1.807) is 12.5 Å². The van der Waals surface area contributed by atoms with Crippen molar-refractivity contribution in [1.82, 2.24) is 19.9 Å². The molecule has 0 aliphatic heterocycles. The summed E-state index contributed by atoms with van der Waals surface area (Å²) in [7, 11) is 0. The number of fused-ring (bicyclic) bond motifs is 1. The summed E-state index contributed by atoms with van der Waals surface area (Å²) in [6.07, 6.45) is 8.19. The molecule has 0 saturated carbocycles. The van der Waals surface area contributed by atoms with Gasteiger partial charge in [-0.3, -0.25) is 4.98 Å². The molecule has 1 unspecified atom stereocenters. The Labute approximate surface area is 123 Å². The molecule has 21 heavy (non-hydrogen) atoms. The van der Waals surface area contributed by atoms with Crippen LogP contribution < -0.4 is 5.32 Å². The first-order valence-electron chi connectivity index (χ1n) is 7.18. The Hall–Kier alpha value is -2.43. The molecule has 2 N–H and O–H groups in total. The Morgan fingerprint density at radius 1 is 1.24 bits per heavy atom. The number of aromatic nitrogens is 4. The van der Waals surface area contributed by atoms with Gasteiger partial charge in [-0.05, 0) is 30.0 Å². The Morgan fingerprint density at radius 2 is 2.14 bits per heavy atom. The summed E-state index contributed by atoms with van der Waals surface area (Å²) in [6, 6.07) is 6.25. The maximum Gasteiger partial charge on any atom is 0.142 e. The fraction of sp³-hybridized carbons (Fsp3) is 0.312. The summed E-state index contributed by atoms with van der Waals surface area (Å²) < 4.78 is 0. The van der Waals surface area contributed by atoms with E-state index in [1.807, 2.05) is 24.5 Å². The Morgan fingerprint density at radius 3 is 2.90 bits per heavy atom. The lowest BCUT2D eigenvalue weighted by Crippen LogP contribution is -2.14. The van der Waals surface area contributed by atoms with E-state index in [0.717, 1.165) is 23.3 Å². The van der Waals surface area contributed by atoms with Crippen LogP contribution in [0.1, 0.15) is 31.9 Å². The summed E-state index contributed by atoms with van der Waals surface area (Å²) in [5.74, 6) is 1.43. The molecule has 3 heterocycles. The van der Waals surface area contributed by atoms with Gasteiger partial charge in [0.2, 0.25) is 0 Å². The molecule has 0 bridgehead atoms. The third kappa shape index (κ3) is 3.02. The van der Waals surface area contributed by atoms with Crippen LogP contribution in [0.25, 0.3) is 11.0 Å². The SMILES string of the molecule is CC(C)CC(Nc1ncnc2[nH]ccc12)c1cccnc1. The van der Waals surface area contributed by atoms with Gasteiger partial charge in [0, 0.05) is 18.6 Å². The van der Waals surface area contributed by atoms with Crippen molar-refractivity contribution in [3.8, 4) is 0 Å². The lowest BCUT2D eigenvalue weighted by atomic mass is 9.98. The minimum Gasteiger partial charge on any atom is -0.363 e. The lowest BCUT2D eigenvalue weighted by Gasteiger charge is -2.21. The van der Waals surface area contributed by atoms with Crippen LogP contribution in [0.2, 0.25) is 0 Å². The third-order valence-corrected chi connectivity index (χ3v) is 3.46. The predicted octanol–water partition coefficient (Wildman–Crippen LogP) is 3.55. The van der Waals surface area contributed by atoms with Gasteiger partial charge in [0.15, 0.2) is 0 Å². The van der Waals surface area contributed by atoms with Crippen LogP contribution >= 0.6 is 0 Å². The second-order valence-corrected chi connectivity index (χ2v) is 5.58. The van der Waals surface area contributed by atoms with Crippen LogP contribution in [-0.2, 0) is 0 Å². The molecule has 0 aliphatic rings. The molecule has 0 saturated heterocycles. The number of rotatable bonds is 5. The number of hydrogen-bond acceptors (Lipinski definition) is 4. The highest BCUT2D eigenvalue weighted by molar-refractivity contribution is 5.86. The van der Waals surface area contributed by atoms with E-state index in [4.69, 9.17) is 0 Å². The van der Waals surface area contributed by atoms with Crippen molar-refractivity contribution >= 4 is 16.9 Å². The van der Waals surface area contributed by atoms with Crippen molar-refractivity contribution < 1.29 is 0 Å². The van der Waals surface area contributed by atoms with Crippen molar-refractivity contribution in [1.29, 1.82) is 0 Å². The topological polar surface area (TPSA) is 66.5 Å². The molecule has 0 aliphatic carbocycles. The van der Waals surface area contributed by atoms with Gasteiger partial charge in [0.1, 0.15) is 17.8 Å². The summed E-state index contributed by atoms with van der Waals surface area (Å²) >= 11 is 0. The second-order valence-electron chi connectivity index (χ2n) is 5.58. The van der Waals surface area contributed by atoms with Gasteiger partial charge < -0.3 is 10.3 Å². The number of H-pyrrole nitrogens is 1. The molecule has 3 rings (SSSR count). The maximum absolute atomic E-state index is 4.39. The lowest BCUT2D eigenvalue weighted by molar-refractivity contribution is 0.529. The minimum atomic E-state index is 0.187. The number of anilines is 1.